The summed E-state index contributed by atoms with van der Waals surface area (Å²) in [6, 6.07) is 5.80. The Morgan fingerprint density at radius 3 is 2.32 bits per heavy atom. The average molecular weight is 264 g/mol. The van der Waals surface area contributed by atoms with Gasteiger partial charge in [-0.15, -0.1) is 0 Å². The van der Waals surface area contributed by atoms with Gasteiger partial charge in [-0.05, 0) is 59.6 Å². The second kappa shape index (κ2) is 5.32. The van der Waals surface area contributed by atoms with Crippen LogP contribution in [-0.4, -0.2) is 17.8 Å². The summed E-state index contributed by atoms with van der Waals surface area (Å²) >= 11 is 0. The van der Waals surface area contributed by atoms with E-state index in [4.69, 9.17) is 14.2 Å². The quantitative estimate of drug-likeness (QED) is 0.798. The molecule has 3 nitrogen and oxygen atoms in total. The fourth-order valence-electron chi connectivity index (χ4n) is 1.71. The van der Waals surface area contributed by atoms with Crippen molar-refractivity contribution in [3.8, 4) is 17.2 Å². The summed E-state index contributed by atoms with van der Waals surface area (Å²) in [5, 5.41) is 0. The fourth-order valence-corrected chi connectivity index (χ4v) is 1.71. The molecule has 0 radical (unpaired) electrons. The first-order valence-corrected chi connectivity index (χ1v) is 7.00. The van der Waals surface area contributed by atoms with E-state index >= 15 is 0 Å². The summed E-state index contributed by atoms with van der Waals surface area (Å²) in [4.78, 5) is 0. The lowest BCUT2D eigenvalue weighted by molar-refractivity contribution is 0.129. The van der Waals surface area contributed by atoms with Gasteiger partial charge in [-0.3, -0.25) is 0 Å². The molecule has 19 heavy (non-hydrogen) atoms. The van der Waals surface area contributed by atoms with E-state index in [1.165, 1.54) is 0 Å². The third kappa shape index (κ3) is 4.66. The summed E-state index contributed by atoms with van der Waals surface area (Å²) in [5.74, 6) is 2.40. The van der Waals surface area contributed by atoms with Gasteiger partial charge in [0.2, 0.25) is 0 Å². The van der Waals surface area contributed by atoms with E-state index in [9.17, 15) is 0 Å². The Bertz CT molecular complexity index is 428. The van der Waals surface area contributed by atoms with Crippen LogP contribution in [0, 0.1) is 0 Å². The molecule has 0 heterocycles. The molecule has 0 aromatic heterocycles. The molecule has 0 unspecified atom stereocenters. The van der Waals surface area contributed by atoms with Crippen molar-refractivity contribution in [3.05, 3.63) is 18.2 Å². The lowest BCUT2D eigenvalue weighted by Crippen LogP contribution is -2.23. The maximum absolute atomic E-state index is 5.86. The van der Waals surface area contributed by atoms with Crippen LogP contribution in [0.5, 0.6) is 17.2 Å². The first-order chi connectivity index (χ1) is 8.83. The highest BCUT2D eigenvalue weighted by atomic mass is 16.5. The molecule has 1 aliphatic rings. The van der Waals surface area contributed by atoms with E-state index < -0.39 is 0 Å². The molecule has 106 valence electrons. The lowest BCUT2D eigenvalue weighted by Gasteiger charge is -2.23. The normalized spacial score (nSPS) is 15.5. The minimum Gasteiger partial charge on any atom is -0.488 e. The molecule has 1 aromatic carbocycles. The van der Waals surface area contributed by atoms with Crippen LogP contribution in [0.3, 0.4) is 0 Å². The van der Waals surface area contributed by atoms with Crippen LogP contribution in [0.1, 0.15) is 47.5 Å². The molecular weight excluding hydrogens is 240 g/mol. The van der Waals surface area contributed by atoms with Crippen molar-refractivity contribution in [1.82, 2.24) is 0 Å². The molecule has 0 aliphatic heterocycles. The molecule has 1 aromatic rings. The summed E-state index contributed by atoms with van der Waals surface area (Å²) in [7, 11) is 0. The Morgan fingerprint density at radius 2 is 1.79 bits per heavy atom. The number of hydrogen-bond acceptors (Lipinski definition) is 3. The molecule has 2 rings (SSSR count). The molecule has 0 bridgehead atoms. The maximum Gasteiger partial charge on any atom is 0.165 e. The van der Waals surface area contributed by atoms with E-state index in [1.807, 2.05) is 52.8 Å². The highest BCUT2D eigenvalue weighted by molar-refractivity contribution is 5.46. The largest absolute Gasteiger partial charge is 0.488 e. The Morgan fingerprint density at radius 1 is 1.11 bits per heavy atom. The molecular formula is C16H24O3. The van der Waals surface area contributed by atoms with Crippen LogP contribution in [0.15, 0.2) is 18.2 Å². The average Bonchev–Trinajstić information content (AvgIpc) is 3.02. The minimum atomic E-state index is -0.214. The van der Waals surface area contributed by atoms with E-state index in [1.54, 1.807) is 0 Å². The molecule has 1 fully saturated rings. The van der Waals surface area contributed by atoms with E-state index in [0.717, 1.165) is 30.1 Å². The van der Waals surface area contributed by atoms with Gasteiger partial charge in [-0.25, -0.2) is 0 Å². The van der Waals surface area contributed by atoms with E-state index in [-0.39, 0.29) is 11.7 Å². The Hall–Kier alpha value is -1.38. The molecule has 0 spiro atoms. The van der Waals surface area contributed by atoms with Gasteiger partial charge in [0.25, 0.3) is 0 Å². The summed E-state index contributed by atoms with van der Waals surface area (Å²) in [6.07, 6.45) is 2.76. The maximum atomic E-state index is 5.86. The van der Waals surface area contributed by atoms with Gasteiger partial charge in [-0.1, -0.05) is 0 Å². The first-order valence-electron chi connectivity index (χ1n) is 7.00. The predicted molar refractivity (Wildman–Crippen MR) is 76.2 cm³/mol. The van der Waals surface area contributed by atoms with E-state index in [2.05, 4.69) is 0 Å². The van der Waals surface area contributed by atoms with Crippen molar-refractivity contribution in [2.75, 3.05) is 0 Å². The van der Waals surface area contributed by atoms with Crippen molar-refractivity contribution < 1.29 is 14.2 Å². The van der Waals surface area contributed by atoms with Crippen molar-refractivity contribution >= 4 is 0 Å². The predicted octanol–water partition coefficient (Wildman–Crippen LogP) is 4.19. The monoisotopic (exact) mass is 264 g/mol. The number of benzene rings is 1. The minimum absolute atomic E-state index is 0.117. The molecule has 1 saturated carbocycles. The van der Waals surface area contributed by atoms with Gasteiger partial charge in [0.05, 0.1) is 12.2 Å². The van der Waals surface area contributed by atoms with Crippen LogP contribution in [0.4, 0.5) is 0 Å². The zero-order valence-corrected chi connectivity index (χ0v) is 12.5. The van der Waals surface area contributed by atoms with Crippen molar-refractivity contribution in [2.45, 2.75) is 65.3 Å². The molecule has 0 saturated heterocycles. The highest BCUT2D eigenvalue weighted by Crippen LogP contribution is 2.37. The Labute approximate surface area is 115 Å². The van der Waals surface area contributed by atoms with Gasteiger partial charge in [-0.2, -0.15) is 0 Å². The summed E-state index contributed by atoms with van der Waals surface area (Å²) in [5.41, 5.74) is -0.214. The van der Waals surface area contributed by atoms with E-state index in [0.29, 0.717) is 6.10 Å². The number of ether oxygens (including phenoxy) is 3. The second-order valence-corrected chi connectivity index (χ2v) is 6.31. The topological polar surface area (TPSA) is 27.7 Å². The fraction of sp³-hybridized carbons (Fsp3) is 0.625. The number of hydrogen-bond donors (Lipinski definition) is 0. The van der Waals surface area contributed by atoms with Crippen molar-refractivity contribution in [2.24, 2.45) is 0 Å². The summed E-state index contributed by atoms with van der Waals surface area (Å²) in [6.45, 7) is 10.1. The van der Waals surface area contributed by atoms with Crippen LogP contribution < -0.4 is 14.2 Å². The van der Waals surface area contributed by atoms with Crippen LogP contribution in [0.25, 0.3) is 0 Å². The third-order valence-electron chi connectivity index (χ3n) is 2.52. The van der Waals surface area contributed by atoms with Crippen LogP contribution in [0.2, 0.25) is 0 Å². The Kier molecular flexibility index (Phi) is 3.93. The standard InChI is InChI=1S/C16H24O3/c1-11(2)17-15-10-13(19-16(3,4)5)8-9-14(15)18-12-6-7-12/h8-12H,6-7H2,1-5H3. The molecule has 0 atom stereocenters. The SMILES string of the molecule is CC(C)Oc1cc(OC(C)(C)C)ccc1OC1CC1. The highest BCUT2D eigenvalue weighted by Gasteiger charge is 2.25. The van der Waals surface area contributed by atoms with Gasteiger partial charge in [0, 0.05) is 6.07 Å². The number of rotatable bonds is 5. The zero-order chi connectivity index (χ0) is 14.0. The van der Waals surface area contributed by atoms with Gasteiger partial charge < -0.3 is 14.2 Å². The second-order valence-electron chi connectivity index (χ2n) is 6.31. The van der Waals surface area contributed by atoms with Gasteiger partial charge in [0.1, 0.15) is 11.4 Å². The molecule has 0 amide bonds. The third-order valence-corrected chi connectivity index (χ3v) is 2.52. The van der Waals surface area contributed by atoms with Gasteiger partial charge in [0.15, 0.2) is 11.5 Å². The van der Waals surface area contributed by atoms with Crippen LogP contribution in [-0.2, 0) is 0 Å². The summed E-state index contributed by atoms with van der Waals surface area (Å²) < 4.78 is 17.5. The Balaban J connectivity index is 2.18. The first kappa shape index (κ1) is 14.0. The lowest BCUT2D eigenvalue weighted by atomic mass is 10.2. The van der Waals surface area contributed by atoms with Crippen molar-refractivity contribution in [3.63, 3.8) is 0 Å². The smallest absolute Gasteiger partial charge is 0.165 e. The molecule has 0 N–H and O–H groups in total. The van der Waals surface area contributed by atoms with Gasteiger partial charge >= 0.3 is 0 Å². The zero-order valence-electron chi connectivity index (χ0n) is 12.5. The van der Waals surface area contributed by atoms with Crippen LogP contribution >= 0.6 is 0 Å². The molecule has 1 aliphatic carbocycles. The van der Waals surface area contributed by atoms with Crippen molar-refractivity contribution in [1.29, 1.82) is 0 Å². The molecule has 3 heteroatoms.